The minimum absolute atomic E-state index is 0.0743. The van der Waals surface area contributed by atoms with E-state index in [4.69, 9.17) is 9.47 Å². The highest BCUT2D eigenvalue weighted by Gasteiger charge is 2.32. The fraction of sp³-hybridized carbons (Fsp3) is 0.222. The number of benzene rings is 1. The monoisotopic (exact) mass is 398 g/mol. The van der Waals surface area contributed by atoms with E-state index in [0.29, 0.717) is 17.9 Å². The van der Waals surface area contributed by atoms with E-state index in [2.05, 4.69) is 20.3 Å². The molecular weight excluding hydrogens is 384 g/mol. The van der Waals surface area contributed by atoms with Crippen molar-refractivity contribution in [3.05, 3.63) is 54.1 Å². The fourth-order valence-electron chi connectivity index (χ4n) is 2.66. The number of imide groups is 1. The smallest absolute Gasteiger partial charge is 0.339 e. The van der Waals surface area contributed by atoms with Crippen molar-refractivity contribution in [2.75, 3.05) is 6.61 Å². The van der Waals surface area contributed by atoms with Gasteiger partial charge < -0.3 is 9.47 Å². The lowest BCUT2D eigenvalue weighted by atomic mass is 10.1. The SMILES string of the molecule is O=C1NC(=O)C(Cc2ccc(OC(=O)C3COC(c4cnccn4)=N3)cc2)S1. The van der Waals surface area contributed by atoms with Crippen molar-refractivity contribution < 1.29 is 23.9 Å². The van der Waals surface area contributed by atoms with Crippen LogP contribution in [0.5, 0.6) is 5.75 Å². The van der Waals surface area contributed by atoms with E-state index in [1.165, 1.54) is 18.6 Å². The van der Waals surface area contributed by atoms with Gasteiger partial charge in [-0.05, 0) is 24.1 Å². The molecule has 2 amide bonds. The van der Waals surface area contributed by atoms with E-state index < -0.39 is 17.3 Å². The number of carbonyl (C=O) groups excluding carboxylic acids is 3. The van der Waals surface area contributed by atoms with E-state index >= 15 is 0 Å². The van der Waals surface area contributed by atoms with Gasteiger partial charge in [0.25, 0.3) is 5.24 Å². The van der Waals surface area contributed by atoms with Gasteiger partial charge in [-0.15, -0.1) is 0 Å². The van der Waals surface area contributed by atoms with Crippen LogP contribution in [0.4, 0.5) is 4.79 Å². The maximum absolute atomic E-state index is 12.3. The summed E-state index contributed by atoms with van der Waals surface area (Å²) >= 11 is 0.975. The van der Waals surface area contributed by atoms with Gasteiger partial charge in [-0.3, -0.25) is 19.9 Å². The van der Waals surface area contributed by atoms with Gasteiger partial charge in [0.1, 0.15) is 18.1 Å². The maximum atomic E-state index is 12.3. The molecular formula is C18H14N4O5S. The Labute approximate surface area is 163 Å². The molecule has 4 rings (SSSR count). The van der Waals surface area contributed by atoms with E-state index in [0.717, 1.165) is 17.3 Å². The Morgan fingerprint density at radius 1 is 1.25 bits per heavy atom. The van der Waals surface area contributed by atoms with Crippen LogP contribution in [0.25, 0.3) is 0 Å². The van der Waals surface area contributed by atoms with Crippen LogP contribution < -0.4 is 10.1 Å². The summed E-state index contributed by atoms with van der Waals surface area (Å²) in [6.45, 7) is 0.0743. The number of aliphatic imine (C=N–C) groups is 1. The van der Waals surface area contributed by atoms with Crippen molar-refractivity contribution >= 4 is 34.8 Å². The molecule has 3 heterocycles. The molecule has 1 aromatic carbocycles. The molecule has 0 saturated carbocycles. The number of nitrogens with zero attached hydrogens (tertiary/aromatic N) is 3. The molecule has 2 atom stereocenters. The lowest BCUT2D eigenvalue weighted by Gasteiger charge is -2.08. The van der Waals surface area contributed by atoms with Crippen LogP contribution in [0.15, 0.2) is 47.8 Å². The van der Waals surface area contributed by atoms with Gasteiger partial charge in [-0.1, -0.05) is 23.9 Å². The quantitative estimate of drug-likeness (QED) is 0.588. The summed E-state index contributed by atoms with van der Waals surface area (Å²) in [5.41, 5.74) is 1.31. The highest BCUT2D eigenvalue weighted by molar-refractivity contribution is 8.15. The number of hydrogen-bond donors (Lipinski definition) is 1. The fourth-order valence-corrected chi connectivity index (χ4v) is 3.52. The first-order valence-corrected chi connectivity index (χ1v) is 9.25. The topological polar surface area (TPSA) is 120 Å². The van der Waals surface area contributed by atoms with Gasteiger partial charge in [-0.25, -0.2) is 14.8 Å². The zero-order valence-corrected chi connectivity index (χ0v) is 15.2. The third-order valence-corrected chi connectivity index (χ3v) is 5.02. The molecule has 0 aliphatic carbocycles. The van der Waals surface area contributed by atoms with Gasteiger partial charge in [0, 0.05) is 12.4 Å². The number of aromatic nitrogens is 2. The third-order valence-electron chi connectivity index (χ3n) is 4.04. The Morgan fingerprint density at radius 2 is 2.07 bits per heavy atom. The second-order valence-electron chi connectivity index (χ2n) is 6.00. The summed E-state index contributed by atoms with van der Waals surface area (Å²) in [7, 11) is 0. The van der Waals surface area contributed by atoms with Crippen molar-refractivity contribution in [3.8, 4) is 5.75 Å². The largest absolute Gasteiger partial charge is 0.473 e. The first-order valence-electron chi connectivity index (χ1n) is 8.37. The molecule has 1 saturated heterocycles. The number of hydrogen-bond acceptors (Lipinski definition) is 9. The standard InChI is InChI=1S/C18H14N4O5S/c23-15-14(28-18(25)22-15)7-10-1-3-11(4-2-10)27-17(24)13-9-26-16(21-13)12-8-19-5-6-20-12/h1-6,8,13-14H,7,9H2,(H,22,23,25). The zero-order chi connectivity index (χ0) is 19.5. The normalized spacial score (nSPS) is 21.1. The number of thioether (sulfide) groups is 1. The third kappa shape index (κ3) is 4.01. The Balaban J connectivity index is 1.35. The molecule has 1 fully saturated rings. The summed E-state index contributed by atoms with van der Waals surface area (Å²) in [5, 5.41) is 1.48. The van der Waals surface area contributed by atoms with E-state index in [9.17, 15) is 14.4 Å². The van der Waals surface area contributed by atoms with E-state index in [1.807, 2.05) is 0 Å². The second-order valence-corrected chi connectivity index (χ2v) is 7.18. The number of nitrogens with one attached hydrogen (secondary N) is 1. The Hall–Kier alpha value is -3.27. The zero-order valence-electron chi connectivity index (χ0n) is 14.4. The molecule has 1 aromatic heterocycles. The molecule has 0 bridgehead atoms. The first kappa shape index (κ1) is 18.1. The van der Waals surface area contributed by atoms with Gasteiger partial charge in [0.2, 0.25) is 11.8 Å². The second kappa shape index (κ2) is 7.77. The predicted octanol–water partition coefficient (Wildman–Crippen LogP) is 1.12. The van der Waals surface area contributed by atoms with Crippen molar-refractivity contribution in [2.24, 2.45) is 4.99 Å². The molecule has 2 aromatic rings. The molecule has 2 aliphatic rings. The number of esters is 1. The first-order chi connectivity index (χ1) is 13.6. The Bertz CT molecular complexity index is 948. The highest BCUT2D eigenvalue weighted by Crippen LogP contribution is 2.24. The van der Waals surface area contributed by atoms with Crippen LogP contribution in [0, 0.1) is 0 Å². The lowest BCUT2D eigenvalue weighted by Crippen LogP contribution is -2.25. The van der Waals surface area contributed by atoms with Crippen molar-refractivity contribution in [3.63, 3.8) is 0 Å². The summed E-state index contributed by atoms with van der Waals surface area (Å²) in [5.74, 6) is -0.213. The average molecular weight is 398 g/mol. The van der Waals surface area contributed by atoms with Crippen LogP contribution in [0.2, 0.25) is 0 Å². The van der Waals surface area contributed by atoms with E-state index in [-0.39, 0.29) is 23.7 Å². The lowest BCUT2D eigenvalue weighted by molar-refractivity contribution is -0.136. The van der Waals surface area contributed by atoms with Gasteiger partial charge in [0.05, 0.1) is 11.4 Å². The minimum Gasteiger partial charge on any atom is -0.473 e. The molecule has 10 heteroatoms. The van der Waals surface area contributed by atoms with Crippen LogP contribution in [0.3, 0.4) is 0 Å². The molecule has 1 N–H and O–H groups in total. The molecule has 2 aliphatic heterocycles. The predicted molar refractivity (Wildman–Crippen MR) is 99.0 cm³/mol. The Morgan fingerprint density at radius 3 is 2.75 bits per heavy atom. The molecule has 9 nitrogen and oxygen atoms in total. The number of ether oxygens (including phenoxy) is 2. The summed E-state index contributed by atoms with van der Waals surface area (Å²) in [6, 6.07) is 5.99. The summed E-state index contributed by atoms with van der Waals surface area (Å²) in [4.78, 5) is 47.3. The molecule has 142 valence electrons. The maximum Gasteiger partial charge on any atom is 0.339 e. The summed E-state index contributed by atoms with van der Waals surface area (Å²) < 4.78 is 10.7. The minimum atomic E-state index is -0.777. The molecule has 0 radical (unpaired) electrons. The van der Waals surface area contributed by atoms with E-state index in [1.54, 1.807) is 24.3 Å². The van der Waals surface area contributed by atoms with Crippen molar-refractivity contribution in [1.82, 2.24) is 15.3 Å². The van der Waals surface area contributed by atoms with Crippen LogP contribution in [0.1, 0.15) is 11.3 Å². The van der Waals surface area contributed by atoms with Crippen LogP contribution >= 0.6 is 11.8 Å². The van der Waals surface area contributed by atoms with Gasteiger partial charge >= 0.3 is 5.97 Å². The Kier molecular flexibility index (Phi) is 5.02. The number of rotatable bonds is 5. The number of carbonyl (C=O) groups is 3. The van der Waals surface area contributed by atoms with Crippen molar-refractivity contribution in [1.29, 1.82) is 0 Å². The molecule has 0 spiro atoms. The highest BCUT2D eigenvalue weighted by atomic mass is 32.2. The van der Waals surface area contributed by atoms with Crippen molar-refractivity contribution in [2.45, 2.75) is 17.7 Å². The van der Waals surface area contributed by atoms with Gasteiger partial charge in [-0.2, -0.15) is 0 Å². The molecule has 28 heavy (non-hydrogen) atoms. The number of amides is 2. The molecule has 2 unspecified atom stereocenters. The average Bonchev–Trinajstić information content (AvgIpc) is 3.31. The van der Waals surface area contributed by atoms with Gasteiger partial charge in [0.15, 0.2) is 6.04 Å². The summed E-state index contributed by atoms with van der Waals surface area (Å²) in [6.07, 6.45) is 4.96. The van der Waals surface area contributed by atoms with Crippen LogP contribution in [-0.4, -0.2) is 50.9 Å². The van der Waals surface area contributed by atoms with Crippen LogP contribution in [-0.2, 0) is 20.7 Å².